The molecule has 6 heteroatoms. The fourth-order valence-electron chi connectivity index (χ4n) is 4.99. The standard InChI is InChI=1S/C28H35ClN2O3/c1-4-5-8-24(31-17-15-30(16-18-31)23-9-6-7-10-25(23)33-2)28(32)21-11-13-22-20(19-21)12-14-26(34-3)27(22)29/h6-7,9-14,19,24,28,32H,4-5,8,15-18H2,1-3H3. The number of methoxy groups -OCH3 is 2. The predicted octanol–water partition coefficient (Wildman–Crippen LogP) is 5.92. The molecule has 0 spiro atoms. The Bertz CT molecular complexity index is 1100. The molecule has 5 nitrogen and oxygen atoms in total. The number of hydrogen-bond acceptors (Lipinski definition) is 5. The highest BCUT2D eigenvalue weighted by Gasteiger charge is 2.30. The summed E-state index contributed by atoms with van der Waals surface area (Å²) in [6, 6.07) is 18.2. The quantitative estimate of drug-likeness (QED) is 0.410. The number of nitrogens with zero attached hydrogens (tertiary/aromatic N) is 2. The van der Waals surface area contributed by atoms with Crippen molar-refractivity contribution >= 4 is 28.1 Å². The van der Waals surface area contributed by atoms with Crippen molar-refractivity contribution in [2.75, 3.05) is 45.3 Å². The zero-order valence-electron chi connectivity index (χ0n) is 20.3. The minimum absolute atomic E-state index is 0.0749. The van der Waals surface area contributed by atoms with Crippen molar-refractivity contribution in [1.29, 1.82) is 0 Å². The van der Waals surface area contributed by atoms with Gasteiger partial charge in [0.05, 0.1) is 31.0 Å². The average molecular weight is 483 g/mol. The van der Waals surface area contributed by atoms with E-state index >= 15 is 0 Å². The van der Waals surface area contributed by atoms with Crippen LogP contribution in [0.4, 0.5) is 5.69 Å². The van der Waals surface area contributed by atoms with E-state index in [4.69, 9.17) is 21.1 Å². The van der Waals surface area contributed by atoms with Crippen LogP contribution in [-0.2, 0) is 0 Å². The summed E-state index contributed by atoms with van der Waals surface area (Å²) < 4.78 is 10.9. The Labute approximate surface area is 207 Å². The minimum Gasteiger partial charge on any atom is -0.495 e. The smallest absolute Gasteiger partial charge is 0.142 e. The summed E-state index contributed by atoms with van der Waals surface area (Å²) in [4.78, 5) is 4.83. The maximum atomic E-state index is 11.5. The Morgan fingerprint density at radius 1 is 0.941 bits per heavy atom. The van der Waals surface area contributed by atoms with Gasteiger partial charge in [-0.25, -0.2) is 0 Å². The van der Waals surface area contributed by atoms with Crippen LogP contribution in [0.2, 0.25) is 5.02 Å². The van der Waals surface area contributed by atoms with E-state index in [0.29, 0.717) is 10.8 Å². The van der Waals surface area contributed by atoms with Gasteiger partial charge in [-0.05, 0) is 41.6 Å². The molecule has 2 atom stereocenters. The van der Waals surface area contributed by atoms with E-state index in [1.54, 1.807) is 14.2 Å². The van der Waals surface area contributed by atoms with Crippen LogP contribution in [0.3, 0.4) is 0 Å². The van der Waals surface area contributed by atoms with Crippen molar-refractivity contribution in [1.82, 2.24) is 4.90 Å². The Kier molecular flexibility index (Phi) is 8.19. The second kappa shape index (κ2) is 11.3. The summed E-state index contributed by atoms with van der Waals surface area (Å²) in [5.74, 6) is 1.57. The van der Waals surface area contributed by atoms with Crippen LogP contribution in [0.1, 0.15) is 37.9 Å². The van der Waals surface area contributed by atoms with Crippen LogP contribution in [0, 0.1) is 0 Å². The number of rotatable bonds is 9. The van der Waals surface area contributed by atoms with Gasteiger partial charge in [0, 0.05) is 37.6 Å². The molecule has 0 aromatic heterocycles. The molecule has 1 aliphatic heterocycles. The zero-order chi connectivity index (χ0) is 24.1. The van der Waals surface area contributed by atoms with Gasteiger partial charge >= 0.3 is 0 Å². The van der Waals surface area contributed by atoms with Gasteiger partial charge in [0.15, 0.2) is 0 Å². The van der Waals surface area contributed by atoms with Crippen molar-refractivity contribution < 1.29 is 14.6 Å². The molecule has 0 saturated carbocycles. The number of hydrogen-bond donors (Lipinski definition) is 1. The second-order valence-corrected chi connectivity index (χ2v) is 9.29. The number of anilines is 1. The zero-order valence-corrected chi connectivity index (χ0v) is 21.1. The highest BCUT2D eigenvalue weighted by atomic mass is 35.5. The van der Waals surface area contributed by atoms with Crippen LogP contribution in [0.15, 0.2) is 54.6 Å². The lowest BCUT2D eigenvalue weighted by Crippen LogP contribution is -2.52. The van der Waals surface area contributed by atoms with Gasteiger partial charge < -0.3 is 19.5 Å². The topological polar surface area (TPSA) is 45.2 Å². The van der Waals surface area contributed by atoms with E-state index in [1.807, 2.05) is 36.4 Å². The first kappa shape index (κ1) is 24.6. The number of fused-ring (bicyclic) bond motifs is 1. The first-order chi connectivity index (χ1) is 16.6. The van der Waals surface area contributed by atoms with Crippen molar-refractivity contribution in [2.24, 2.45) is 0 Å². The van der Waals surface area contributed by atoms with Gasteiger partial charge in [-0.15, -0.1) is 0 Å². The van der Waals surface area contributed by atoms with E-state index in [2.05, 4.69) is 34.9 Å². The second-order valence-electron chi connectivity index (χ2n) is 8.91. The summed E-state index contributed by atoms with van der Waals surface area (Å²) in [5, 5.41) is 14.1. The number of benzene rings is 3. The maximum Gasteiger partial charge on any atom is 0.142 e. The third-order valence-electron chi connectivity index (χ3n) is 6.93. The summed E-state index contributed by atoms with van der Waals surface area (Å²) >= 11 is 6.50. The molecule has 2 unspecified atom stereocenters. The molecule has 1 saturated heterocycles. The van der Waals surface area contributed by atoms with Gasteiger partial charge in [-0.3, -0.25) is 4.90 Å². The summed E-state index contributed by atoms with van der Waals surface area (Å²) in [6.45, 7) is 5.82. The highest BCUT2D eigenvalue weighted by Crippen LogP contribution is 2.36. The van der Waals surface area contributed by atoms with Gasteiger partial charge in [0.2, 0.25) is 0 Å². The molecule has 1 N–H and O–H groups in total. The largest absolute Gasteiger partial charge is 0.495 e. The molecule has 0 bridgehead atoms. The molecular weight excluding hydrogens is 448 g/mol. The van der Waals surface area contributed by atoms with Crippen molar-refractivity contribution in [3.8, 4) is 11.5 Å². The Balaban J connectivity index is 1.52. The SMILES string of the molecule is CCCCC(C(O)c1ccc2c(Cl)c(OC)ccc2c1)N1CCN(c2ccccc2OC)CC1. The van der Waals surface area contributed by atoms with Gasteiger partial charge in [0.25, 0.3) is 0 Å². The number of piperazine rings is 1. The third-order valence-corrected chi connectivity index (χ3v) is 7.32. The number of ether oxygens (including phenoxy) is 2. The lowest BCUT2D eigenvalue weighted by Gasteiger charge is -2.42. The van der Waals surface area contributed by atoms with Gasteiger partial charge in [0.1, 0.15) is 11.5 Å². The first-order valence-electron chi connectivity index (χ1n) is 12.1. The van der Waals surface area contributed by atoms with E-state index in [0.717, 1.165) is 73.2 Å². The van der Waals surface area contributed by atoms with Crippen LogP contribution >= 0.6 is 11.6 Å². The van der Waals surface area contributed by atoms with E-state index in [1.165, 1.54) is 0 Å². The molecule has 0 radical (unpaired) electrons. The molecule has 1 fully saturated rings. The average Bonchev–Trinajstić information content (AvgIpc) is 2.89. The van der Waals surface area contributed by atoms with Crippen molar-refractivity contribution in [3.63, 3.8) is 0 Å². The summed E-state index contributed by atoms with van der Waals surface area (Å²) in [5.41, 5.74) is 2.07. The molecule has 3 aromatic rings. The summed E-state index contributed by atoms with van der Waals surface area (Å²) in [6.07, 6.45) is 2.60. The monoisotopic (exact) mass is 482 g/mol. The predicted molar refractivity (Wildman–Crippen MR) is 141 cm³/mol. The molecular formula is C28H35ClN2O3. The first-order valence-corrected chi connectivity index (χ1v) is 12.5. The molecule has 182 valence electrons. The molecule has 1 heterocycles. The third kappa shape index (κ3) is 5.12. The molecule has 3 aromatic carbocycles. The molecule has 0 aliphatic carbocycles. The summed E-state index contributed by atoms with van der Waals surface area (Å²) in [7, 11) is 3.34. The number of unbranched alkanes of at least 4 members (excludes halogenated alkanes) is 1. The maximum absolute atomic E-state index is 11.5. The Morgan fingerprint density at radius 3 is 2.38 bits per heavy atom. The fraction of sp³-hybridized carbons (Fsp3) is 0.429. The lowest BCUT2D eigenvalue weighted by atomic mass is 9.94. The number of para-hydroxylation sites is 2. The van der Waals surface area contributed by atoms with E-state index in [9.17, 15) is 5.11 Å². The number of halogens is 1. The van der Waals surface area contributed by atoms with Gasteiger partial charge in [-0.1, -0.05) is 61.7 Å². The minimum atomic E-state index is -0.561. The van der Waals surface area contributed by atoms with Crippen LogP contribution in [0.5, 0.6) is 11.5 Å². The van der Waals surface area contributed by atoms with Crippen molar-refractivity contribution in [2.45, 2.75) is 38.3 Å². The molecule has 1 aliphatic rings. The molecule has 0 amide bonds. The van der Waals surface area contributed by atoms with Crippen molar-refractivity contribution in [3.05, 3.63) is 65.2 Å². The fourth-order valence-corrected chi connectivity index (χ4v) is 5.31. The van der Waals surface area contributed by atoms with Gasteiger partial charge in [-0.2, -0.15) is 0 Å². The Hall–Kier alpha value is -2.47. The van der Waals surface area contributed by atoms with Crippen LogP contribution in [0.25, 0.3) is 10.8 Å². The lowest BCUT2D eigenvalue weighted by molar-refractivity contribution is 0.0386. The number of aliphatic hydroxyl groups is 1. The van der Waals surface area contributed by atoms with Crippen LogP contribution in [-0.4, -0.2) is 56.4 Å². The van der Waals surface area contributed by atoms with Crippen LogP contribution < -0.4 is 14.4 Å². The Morgan fingerprint density at radius 2 is 1.68 bits per heavy atom. The molecule has 34 heavy (non-hydrogen) atoms. The highest BCUT2D eigenvalue weighted by molar-refractivity contribution is 6.37. The van der Waals surface area contributed by atoms with E-state index < -0.39 is 6.10 Å². The normalized spacial score (nSPS) is 16.4. The number of aliphatic hydroxyl groups excluding tert-OH is 1. The van der Waals surface area contributed by atoms with E-state index in [-0.39, 0.29) is 6.04 Å². The molecule has 4 rings (SSSR count).